The number of aliphatic hydroxyl groups is 1. The van der Waals surface area contributed by atoms with Gasteiger partial charge in [0.25, 0.3) is 5.56 Å². The Kier molecular flexibility index (Phi) is 5.97. The summed E-state index contributed by atoms with van der Waals surface area (Å²) in [5.74, 6) is -0.515. The number of rotatable bonds is 6. The van der Waals surface area contributed by atoms with Gasteiger partial charge >= 0.3 is 6.18 Å². The van der Waals surface area contributed by atoms with Crippen LogP contribution in [0.3, 0.4) is 0 Å². The summed E-state index contributed by atoms with van der Waals surface area (Å²) in [7, 11) is 0. The van der Waals surface area contributed by atoms with Crippen LogP contribution in [0.1, 0.15) is 11.1 Å². The smallest absolute Gasteiger partial charge is 0.389 e. The summed E-state index contributed by atoms with van der Waals surface area (Å²) in [5.41, 5.74) is -0.876. The van der Waals surface area contributed by atoms with E-state index in [1.165, 1.54) is 29.0 Å². The maximum Gasteiger partial charge on any atom is 0.416 e. The molecule has 2 aromatic rings. The standard InChI is InChI=1S/C17H17F3N2O3/c18-17(19,20)13-5-3-4-12(8-13)9-15(24)21-10-14(23)11-22-7-2-1-6-16(22)25/h1-8,14,23H,9-11H2,(H,21,24). The van der Waals surface area contributed by atoms with E-state index in [0.717, 1.165) is 12.1 Å². The summed E-state index contributed by atoms with van der Waals surface area (Å²) in [6.45, 7) is -0.108. The van der Waals surface area contributed by atoms with Gasteiger partial charge in [0.05, 0.1) is 24.6 Å². The lowest BCUT2D eigenvalue weighted by atomic mass is 10.1. The van der Waals surface area contributed by atoms with Crippen molar-refractivity contribution in [1.82, 2.24) is 9.88 Å². The molecule has 1 aromatic heterocycles. The molecule has 0 fully saturated rings. The van der Waals surface area contributed by atoms with Crippen molar-refractivity contribution < 1.29 is 23.1 Å². The number of nitrogens with zero attached hydrogens (tertiary/aromatic N) is 1. The third-order valence-electron chi connectivity index (χ3n) is 3.46. The highest BCUT2D eigenvalue weighted by molar-refractivity contribution is 5.78. The summed E-state index contributed by atoms with van der Waals surface area (Å²) < 4.78 is 39.2. The minimum atomic E-state index is -4.47. The van der Waals surface area contributed by atoms with Crippen molar-refractivity contribution in [3.63, 3.8) is 0 Å². The lowest BCUT2D eigenvalue weighted by molar-refractivity contribution is -0.137. The van der Waals surface area contributed by atoms with E-state index >= 15 is 0 Å². The Bertz CT molecular complexity index is 787. The van der Waals surface area contributed by atoms with Gasteiger partial charge in [-0.1, -0.05) is 24.3 Å². The number of hydrogen-bond acceptors (Lipinski definition) is 3. The average Bonchev–Trinajstić information content (AvgIpc) is 2.55. The fourth-order valence-electron chi connectivity index (χ4n) is 2.24. The molecule has 1 heterocycles. The lowest BCUT2D eigenvalue weighted by Crippen LogP contribution is -2.37. The van der Waals surface area contributed by atoms with E-state index in [4.69, 9.17) is 0 Å². The molecule has 25 heavy (non-hydrogen) atoms. The largest absolute Gasteiger partial charge is 0.416 e. The van der Waals surface area contributed by atoms with Gasteiger partial charge in [0, 0.05) is 18.8 Å². The van der Waals surface area contributed by atoms with Crippen molar-refractivity contribution in [2.24, 2.45) is 0 Å². The number of pyridine rings is 1. The number of aliphatic hydroxyl groups excluding tert-OH is 1. The van der Waals surface area contributed by atoms with Crippen molar-refractivity contribution in [1.29, 1.82) is 0 Å². The van der Waals surface area contributed by atoms with E-state index in [9.17, 15) is 27.9 Å². The minimum absolute atomic E-state index is 0.00348. The van der Waals surface area contributed by atoms with Gasteiger partial charge in [-0.05, 0) is 17.7 Å². The van der Waals surface area contributed by atoms with Gasteiger partial charge in [0.2, 0.25) is 5.91 Å². The number of carbonyl (C=O) groups excluding carboxylic acids is 1. The van der Waals surface area contributed by atoms with Crippen LogP contribution in [0.15, 0.2) is 53.5 Å². The van der Waals surface area contributed by atoms with Gasteiger partial charge in [0.1, 0.15) is 0 Å². The average molecular weight is 354 g/mol. The Morgan fingerprint density at radius 3 is 2.64 bits per heavy atom. The summed E-state index contributed by atoms with van der Waals surface area (Å²) >= 11 is 0. The Morgan fingerprint density at radius 1 is 1.20 bits per heavy atom. The molecule has 0 aliphatic carbocycles. The maximum absolute atomic E-state index is 12.6. The molecule has 0 bridgehead atoms. The number of benzene rings is 1. The van der Waals surface area contributed by atoms with E-state index in [0.29, 0.717) is 0 Å². The quantitative estimate of drug-likeness (QED) is 0.828. The number of amides is 1. The molecule has 1 aromatic carbocycles. The molecule has 2 rings (SSSR count). The molecule has 1 atom stereocenters. The normalized spacial score (nSPS) is 12.6. The zero-order chi connectivity index (χ0) is 18.4. The lowest BCUT2D eigenvalue weighted by Gasteiger charge is -2.14. The molecule has 8 heteroatoms. The zero-order valence-corrected chi connectivity index (χ0v) is 13.2. The van der Waals surface area contributed by atoms with Crippen LogP contribution in [-0.2, 0) is 23.9 Å². The van der Waals surface area contributed by atoms with Crippen LogP contribution in [-0.4, -0.2) is 28.2 Å². The molecule has 0 saturated heterocycles. The predicted molar refractivity (Wildman–Crippen MR) is 84.9 cm³/mol. The highest BCUT2D eigenvalue weighted by Crippen LogP contribution is 2.29. The maximum atomic E-state index is 12.6. The fraction of sp³-hybridized carbons (Fsp3) is 0.294. The third-order valence-corrected chi connectivity index (χ3v) is 3.46. The Morgan fingerprint density at radius 2 is 1.96 bits per heavy atom. The second-order valence-electron chi connectivity index (χ2n) is 5.52. The number of halogens is 3. The van der Waals surface area contributed by atoms with Gasteiger partial charge in [-0.15, -0.1) is 0 Å². The molecular formula is C17H17F3N2O3. The molecule has 0 spiro atoms. The van der Waals surface area contributed by atoms with Crippen LogP contribution in [0.2, 0.25) is 0 Å². The van der Waals surface area contributed by atoms with Crippen LogP contribution in [0.5, 0.6) is 0 Å². The van der Waals surface area contributed by atoms with Crippen LogP contribution in [0.4, 0.5) is 13.2 Å². The van der Waals surface area contributed by atoms with Gasteiger partial charge in [-0.3, -0.25) is 9.59 Å². The molecule has 1 amide bonds. The Balaban J connectivity index is 1.86. The molecule has 0 aliphatic heterocycles. The number of hydrogen-bond donors (Lipinski definition) is 2. The molecule has 0 saturated carbocycles. The second-order valence-corrected chi connectivity index (χ2v) is 5.52. The fourth-order valence-corrected chi connectivity index (χ4v) is 2.24. The van der Waals surface area contributed by atoms with Crippen LogP contribution in [0.25, 0.3) is 0 Å². The number of alkyl halides is 3. The first-order chi connectivity index (χ1) is 11.8. The predicted octanol–water partition coefficient (Wildman–Crippen LogP) is 1.59. The van der Waals surface area contributed by atoms with Crippen molar-refractivity contribution >= 4 is 5.91 Å². The first-order valence-electron chi connectivity index (χ1n) is 7.52. The van der Waals surface area contributed by atoms with Crippen LogP contribution >= 0.6 is 0 Å². The van der Waals surface area contributed by atoms with E-state index in [1.54, 1.807) is 12.1 Å². The first kappa shape index (κ1) is 18.7. The van der Waals surface area contributed by atoms with Crippen molar-refractivity contribution in [3.05, 3.63) is 70.1 Å². The molecule has 5 nitrogen and oxygen atoms in total. The van der Waals surface area contributed by atoms with Crippen molar-refractivity contribution in [2.75, 3.05) is 6.54 Å². The molecule has 0 radical (unpaired) electrons. The van der Waals surface area contributed by atoms with Gasteiger partial charge in [0.15, 0.2) is 0 Å². The van der Waals surface area contributed by atoms with E-state index in [-0.39, 0.29) is 30.6 Å². The summed E-state index contributed by atoms with van der Waals surface area (Å²) in [5, 5.41) is 12.3. The molecule has 0 aliphatic rings. The van der Waals surface area contributed by atoms with Gasteiger partial charge in [-0.25, -0.2) is 0 Å². The minimum Gasteiger partial charge on any atom is -0.389 e. The highest BCUT2D eigenvalue weighted by atomic mass is 19.4. The van der Waals surface area contributed by atoms with E-state index in [1.807, 2.05) is 0 Å². The SMILES string of the molecule is O=C(Cc1cccc(C(F)(F)F)c1)NCC(O)Cn1ccccc1=O. The van der Waals surface area contributed by atoms with Crippen LogP contribution in [0, 0.1) is 0 Å². The monoisotopic (exact) mass is 354 g/mol. The van der Waals surface area contributed by atoms with E-state index in [2.05, 4.69) is 5.32 Å². The zero-order valence-electron chi connectivity index (χ0n) is 13.2. The summed E-state index contributed by atoms with van der Waals surface area (Å²) in [6, 6.07) is 9.07. The Hall–Kier alpha value is -2.61. The van der Waals surface area contributed by atoms with Crippen molar-refractivity contribution in [2.45, 2.75) is 25.2 Å². The molecule has 2 N–H and O–H groups in total. The van der Waals surface area contributed by atoms with Gasteiger partial charge < -0.3 is 15.0 Å². The number of nitrogens with one attached hydrogen (secondary N) is 1. The van der Waals surface area contributed by atoms with Crippen molar-refractivity contribution in [3.8, 4) is 0 Å². The Labute approximate surface area is 141 Å². The first-order valence-corrected chi connectivity index (χ1v) is 7.52. The number of carbonyl (C=O) groups is 1. The number of aromatic nitrogens is 1. The summed E-state index contributed by atoms with van der Waals surface area (Å²) in [6.07, 6.45) is -4.19. The topological polar surface area (TPSA) is 71.3 Å². The van der Waals surface area contributed by atoms with Crippen LogP contribution < -0.4 is 10.9 Å². The molecular weight excluding hydrogens is 337 g/mol. The third kappa shape index (κ3) is 5.75. The van der Waals surface area contributed by atoms with Gasteiger partial charge in [-0.2, -0.15) is 13.2 Å². The summed E-state index contributed by atoms with van der Waals surface area (Å²) in [4.78, 5) is 23.3. The molecule has 1 unspecified atom stereocenters. The molecule has 134 valence electrons. The van der Waals surface area contributed by atoms with E-state index < -0.39 is 23.8 Å². The second kappa shape index (κ2) is 7.98. The highest BCUT2D eigenvalue weighted by Gasteiger charge is 2.30.